The summed E-state index contributed by atoms with van der Waals surface area (Å²) in [4.78, 5) is 23.9. The summed E-state index contributed by atoms with van der Waals surface area (Å²) in [6.45, 7) is 0. The van der Waals surface area contributed by atoms with Crippen LogP contribution in [0.3, 0.4) is 0 Å². The molecule has 0 fully saturated rings. The molecule has 1 heterocycles. The van der Waals surface area contributed by atoms with Gasteiger partial charge in [0.1, 0.15) is 5.75 Å². The molecule has 1 N–H and O–H groups in total. The van der Waals surface area contributed by atoms with Crippen molar-refractivity contribution in [2.75, 3.05) is 7.05 Å². The van der Waals surface area contributed by atoms with E-state index in [0.29, 0.717) is 5.56 Å². The zero-order valence-corrected chi connectivity index (χ0v) is 7.65. The highest BCUT2D eigenvalue weighted by molar-refractivity contribution is 6.10. The van der Waals surface area contributed by atoms with Crippen LogP contribution in [0, 0.1) is 0 Å². The highest BCUT2D eigenvalue weighted by atomic mass is 16.3. The number of rotatable bonds is 0. The van der Waals surface area contributed by atoms with Crippen LogP contribution in [0.15, 0.2) is 18.2 Å². The molecule has 1 aromatic rings. The molecule has 0 spiro atoms. The predicted molar refractivity (Wildman–Crippen MR) is 48.9 cm³/mol. The van der Waals surface area contributed by atoms with Gasteiger partial charge in [-0.25, -0.2) is 0 Å². The third-order valence-electron chi connectivity index (χ3n) is 2.36. The second-order valence-electron chi connectivity index (χ2n) is 3.25. The van der Waals surface area contributed by atoms with Crippen LogP contribution in [0.25, 0.3) is 0 Å². The molecule has 1 aromatic carbocycles. The minimum atomic E-state index is -0.436. The van der Waals surface area contributed by atoms with Gasteiger partial charge in [0.05, 0.1) is 12.0 Å². The number of nitrogens with zero attached hydrogens (tertiary/aromatic N) is 1. The van der Waals surface area contributed by atoms with Gasteiger partial charge in [-0.05, 0) is 11.6 Å². The maximum atomic E-state index is 11.6. The molecule has 1 aliphatic heterocycles. The summed E-state index contributed by atoms with van der Waals surface area (Å²) in [5.74, 6) is -0.741. The second-order valence-corrected chi connectivity index (χ2v) is 3.25. The summed E-state index contributed by atoms with van der Waals surface area (Å²) in [5, 5.41) is 9.47. The Balaban J connectivity index is 2.62. The van der Waals surface area contributed by atoms with Crippen molar-refractivity contribution in [3.05, 3.63) is 29.3 Å². The number of phenols is 1. The summed E-state index contributed by atoms with van der Waals surface area (Å²) < 4.78 is 0. The zero-order chi connectivity index (χ0) is 10.3. The summed E-state index contributed by atoms with van der Waals surface area (Å²) in [6.07, 6.45) is 0.173. The number of likely N-dealkylation sites (N-methyl/N-ethyl adjacent to an activating group) is 1. The number of hydrogen-bond donors (Lipinski definition) is 1. The van der Waals surface area contributed by atoms with E-state index in [9.17, 15) is 14.7 Å². The fraction of sp³-hybridized carbons (Fsp3) is 0.200. The van der Waals surface area contributed by atoms with Crippen LogP contribution in [0.4, 0.5) is 0 Å². The van der Waals surface area contributed by atoms with Gasteiger partial charge in [-0.15, -0.1) is 0 Å². The fourth-order valence-corrected chi connectivity index (χ4v) is 1.54. The molecule has 4 nitrogen and oxygen atoms in total. The van der Waals surface area contributed by atoms with Crippen LogP contribution in [0.1, 0.15) is 15.9 Å². The molecule has 0 saturated carbocycles. The van der Waals surface area contributed by atoms with E-state index in [4.69, 9.17) is 0 Å². The number of phenolic OH excluding ortho intramolecular Hbond substituents is 1. The summed E-state index contributed by atoms with van der Waals surface area (Å²) >= 11 is 0. The van der Waals surface area contributed by atoms with Crippen molar-refractivity contribution in [1.29, 1.82) is 0 Å². The van der Waals surface area contributed by atoms with Crippen molar-refractivity contribution in [2.24, 2.45) is 0 Å². The average Bonchev–Trinajstić information content (AvgIpc) is 2.14. The predicted octanol–water partition coefficient (Wildman–Crippen LogP) is 0.547. The first kappa shape index (κ1) is 8.74. The van der Waals surface area contributed by atoms with Gasteiger partial charge in [-0.2, -0.15) is 0 Å². The highest BCUT2D eigenvalue weighted by Crippen LogP contribution is 2.26. The SMILES string of the molecule is CN1C(=O)Cc2cccc(O)c2C1=O. The summed E-state index contributed by atoms with van der Waals surface area (Å²) in [6, 6.07) is 4.75. The van der Waals surface area contributed by atoms with Gasteiger partial charge in [0.2, 0.25) is 5.91 Å². The van der Waals surface area contributed by atoms with Crippen molar-refractivity contribution >= 4 is 11.8 Å². The fourth-order valence-electron chi connectivity index (χ4n) is 1.54. The maximum Gasteiger partial charge on any atom is 0.264 e. The number of fused-ring (bicyclic) bond motifs is 1. The van der Waals surface area contributed by atoms with Gasteiger partial charge in [0.25, 0.3) is 5.91 Å². The Bertz CT molecular complexity index is 425. The van der Waals surface area contributed by atoms with Gasteiger partial charge in [-0.1, -0.05) is 12.1 Å². The number of benzene rings is 1. The number of carbonyl (C=O) groups is 2. The Hall–Kier alpha value is -1.84. The molecule has 2 rings (SSSR count). The molecular formula is C10H9NO3. The Labute approximate surface area is 80.8 Å². The lowest BCUT2D eigenvalue weighted by molar-refractivity contribution is -0.127. The van der Waals surface area contributed by atoms with E-state index in [-0.39, 0.29) is 23.6 Å². The third-order valence-corrected chi connectivity index (χ3v) is 2.36. The molecule has 72 valence electrons. The summed E-state index contributed by atoms with van der Waals surface area (Å²) in [7, 11) is 1.42. The molecule has 1 aliphatic rings. The van der Waals surface area contributed by atoms with Crippen LogP contribution in [-0.2, 0) is 11.2 Å². The Morgan fingerprint density at radius 1 is 1.36 bits per heavy atom. The average molecular weight is 191 g/mol. The van der Waals surface area contributed by atoms with Crippen molar-refractivity contribution < 1.29 is 14.7 Å². The number of carbonyl (C=O) groups excluding carboxylic acids is 2. The molecule has 0 aliphatic carbocycles. The molecule has 2 amide bonds. The van der Waals surface area contributed by atoms with E-state index in [2.05, 4.69) is 0 Å². The van der Waals surface area contributed by atoms with Gasteiger partial charge in [-0.3, -0.25) is 14.5 Å². The quantitative estimate of drug-likeness (QED) is 0.609. The first-order valence-electron chi connectivity index (χ1n) is 4.23. The molecule has 0 radical (unpaired) electrons. The van der Waals surface area contributed by atoms with E-state index < -0.39 is 5.91 Å². The Morgan fingerprint density at radius 2 is 2.07 bits per heavy atom. The van der Waals surface area contributed by atoms with Crippen molar-refractivity contribution in [3.63, 3.8) is 0 Å². The largest absolute Gasteiger partial charge is 0.507 e. The molecule has 0 bridgehead atoms. The minimum absolute atomic E-state index is 0.0631. The van der Waals surface area contributed by atoms with Crippen LogP contribution in [-0.4, -0.2) is 28.9 Å². The van der Waals surface area contributed by atoms with Crippen molar-refractivity contribution in [1.82, 2.24) is 4.90 Å². The van der Waals surface area contributed by atoms with Crippen LogP contribution >= 0.6 is 0 Å². The minimum Gasteiger partial charge on any atom is -0.507 e. The summed E-state index contributed by atoms with van der Waals surface area (Å²) in [5.41, 5.74) is 0.840. The van der Waals surface area contributed by atoms with Crippen LogP contribution < -0.4 is 0 Å². The second kappa shape index (κ2) is 2.83. The smallest absolute Gasteiger partial charge is 0.264 e. The van der Waals surface area contributed by atoms with E-state index in [1.54, 1.807) is 12.1 Å². The molecule has 0 aromatic heterocycles. The van der Waals surface area contributed by atoms with E-state index >= 15 is 0 Å². The topological polar surface area (TPSA) is 57.6 Å². The first-order valence-corrected chi connectivity index (χ1v) is 4.23. The zero-order valence-electron chi connectivity index (χ0n) is 7.65. The monoisotopic (exact) mass is 191 g/mol. The standard InChI is InChI=1S/C10H9NO3/c1-11-8(13)5-6-3-2-4-7(12)9(6)10(11)14/h2-4,12H,5H2,1H3. The van der Waals surface area contributed by atoms with Crippen molar-refractivity contribution in [2.45, 2.75) is 6.42 Å². The Morgan fingerprint density at radius 3 is 2.79 bits per heavy atom. The molecule has 0 unspecified atom stereocenters. The van der Waals surface area contributed by atoms with Crippen LogP contribution in [0.5, 0.6) is 5.75 Å². The normalized spacial score (nSPS) is 15.6. The molecule has 0 saturated heterocycles. The van der Waals surface area contributed by atoms with Crippen molar-refractivity contribution in [3.8, 4) is 5.75 Å². The highest BCUT2D eigenvalue weighted by Gasteiger charge is 2.29. The molecular weight excluding hydrogens is 182 g/mol. The van der Waals surface area contributed by atoms with Gasteiger partial charge in [0, 0.05) is 7.05 Å². The lowest BCUT2D eigenvalue weighted by Crippen LogP contribution is -2.39. The number of hydrogen-bond acceptors (Lipinski definition) is 3. The molecule has 4 heteroatoms. The van der Waals surface area contributed by atoms with Crippen LogP contribution in [0.2, 0.25) is 0 Å². The number of amides is 2. The number of imide groups is 1. The van der Waals surface area contributed by atoms with Gasteiger partial charge in [0.15, 0.2) is 0 Å². The molecule has 14 heavy (non-hydrogen) atoms. The van der Waals surface area contributed by atoms with Gasteiger partial charge < -0.3 is 5.11 Å². The number of aromatic hydroxyl groups is 1. The van der Waals surface area contributed by atoms with E-state index in [1.807, 2.05) is 0 Å². The van der Waals surface area contributed by atoms with Gasteiger partial charge >= 0.3 is 0 Å². The third kappa shape index (κ3) is 1.08. The maximum absolute atomic E-state index is 11.6. The lowest BCUT2D eigenvalue weighted by atomic mass is 9.98. The van der Waals surface area contributed by atoms with E-state index in [1.165, 1.54) is 13.1 Å². The van der Waals surface area contributed by atoms with E-state index in [0.717, 1.165) is 4.90 Å². The Kier molecular flexibility index (Phi) is 1.77. The lowest BCUT2D eigenvalue weighted by Gasteiger charge is -2.23. The first-order chi connectivity index (χ1) is 6.61. The molecule has 0 atom stereocenters.